The molecule has 2 aliphatic rings. The molecule has 0 bridgehead atoms. The van der Waals surface area contributed by atoms with Crippen molar-refractivity contribution in [1.82, 2.24) is 9.97 Å². The van der Waals surface area contributed by atoms with E-state index >= 15 is 0 Å². The van der Waals surface area contributed by atoms with E-state index in [1.807, 2.05) is 11.9 Å². The summed E-state index contributed by atoms with van der Waals surface area (Å²) in [5.74, 6) is 0.174. The summed E-state index contributed by atoms with van der Waals surface area (Å²) in [6, 6.07) is 0.296. The molecular formula is C13H20N4O3. The number of ether oxygens (including phenoxy) is 2. The molecule has 2 fully saturated rings. The first-order chi connectivity index (χ1) is 9.61. The summed E-state index contributed by atoms with van der Waals surface area (Å²) < 4.78 is 11.4. The molecule has 20 heavy (non-hydrogen) atoms. The largest absolute Gasteiger partial charge is 0.391 e. The SMILES string of the molecule is CN(c1nc[nH]c(=O)c1N)C1CCC2(CC1)OCCO2. The summed E-state index contributed by atoms with van der Waals surface area (Å²) in [5.41, 5.74) is 5.68. The highest BCUT2D eigenvalue weighted by atomic mass is 16.7. The minimum Gasteiger partial charge on any atom is -0.391 e. The van der Waals surface area contributed by atoms with Crippen molar-refractivity contribution in [3.05, 3.63) is 16.7 Å². The Hall–Kier alpha value is -1.60. The van der Waals surface area contributed by atoms with E-state index in [-0.39, 0.29) is 17.0 Å². The Morgan fingerprint density at radius 1 is 1.40 bits per heavy atom. The van der Waals surface area contributed by atoms with Crippen LogP contribution in [0.5, 0.6) is 0 Å². The molecule has 1 spiro atoms. The van der Waals surface area contributed by atoms with E-state index in [2.05, 4.69) is 9.97 Å². The highest BCUT2D eigenvalue weighted by Gasteiger charge is 2.41. The highest BCUT2D eigenvalue weighted by Crippen LogP contribution is 2.38. The van der Waals surface area contributed by atoms with Gasteiger partial charge in [0.1, 0.15) is 5.69 Å². The first kappa shape index (κ1) is 13.4. The number of nitrogens with two attached hydrogens (primary N) is 1. The van der Waals surface area contributed by atoms with Crippen molar-refractivity contribution in [2.75, 3.05) is 30.9 Å². The van der Waals surface area contributed by atoms with Gasteiger partial charge in [-0.3, -0.25) is 4.79 Å². The van der Waals surface area contributed by atoms with Gasteiger partial charge < -0.3 is 25.1 Å². The zero-order chi connectivity index (χ0) is 14.2. The third kappa shape index (κ3) is 2.27. The third-order valence-electron chi connectivity index (χ3n) is 4.28. The zero-order valence-corrected chi connectivity index (χ0v) is 11.6. The Bertz CT molecular complexity index is 529. The van der Waals surface area contributed by atoms with Gasteiger partial charge in [0, 0.05) is 25.9 Å². The second-order valence-electron chi connectivity index (χ2n) is 5.42. The van der Waals surface area contributed by atoms with E-state index in [1.165, 1.54) is 6.33 Å². The molecule has 0 unspecified atom stereocenters. The van der Waals surface area contributed by atoms with E-state index in [0.717, 1.165) is 25.7 Å². The third-order valence-corrected chi connectivity index (χ3v) is 4.28. The summed E-state index contributed by atoms with van der Waals surface area (Å²) in [7, 11) is 1.93. The number of aromatic amines is 1. The number of anilines is 2. The number of nitrogens with one attached hydrogen (secondary N) is 1. The van der Waals surface area contributed by atoms with Crippen molar-refractivity contribution in [2.45, 2.75) is 37.5 Å². The van der Waals surface area contributed by atoms with Gasteiger partial charge in [-0.05, 0) is 12.8 Å². The molecule has 3 rings (SSSR count). The second kappa shape index (κ2) is 5.06. The molecular weight excluding hydrogens is 260 g/mol. The predicted molar refractivity (Wildman–Crippen MR) is 74.6 cm³/mol. The summed E-state index contributed by atoms with van der Waals surface area (Å²) in [6.07, 6.45) is 4.99. The van der Waals surface area contributed by atoms with Crippen LogP contribution in [0, 0.1) is 0 Å². The second-order valence-corrected chi connectivity index (χ2v) is 5.42. The van der Waals surface area contributed by atoms with Crippen molar-refractivity contribution >= 4 is 11.5 Å². The molecule has 7 heteroatoms. The number of aromatic nitrogens is 2. The number of H-pyrrole nitrogens is 1. The molecule has 1 aliphatic heterocycles. The normalized spacial score (nSPS) is 22.2. The average molecular weight is 280 g/mol. The van der Waals surface area contributed by atoms with Gasteiger partial charge in [0.25, 0.3) is 5.56 Å². The van der Waals surface area contributed by atoms with Crippen LogP contribution >= 0.6 is 0 Å². The summed E-state index contributed by atoms with van der Waals surface area (Å²) in [4.78, 5) is 20.2. The maximum Gasteiger partial charge on any atom is 0.276 e. The minimum atomic E-state index is -0.371. The Labute approximate surface area is 117 Å². The molecule has 1 saturated carbocycles. The highest BCUT2D eigenvalue weighted by molar-refractivity contribution is 5.60. The van der Waals surface area contributed by atoms with E-state index in [4.69, 9.17) is 15.2 Å². The van der Waals surface area contributed by atoms with Crippen LogP contribution in [0.15, 0.2) is 11.1 Å². The summed E-state index contributed by atoms with van der Waals surface area (Å²) >= 11 is 0. The van der Waals surface area contributed by atoms with Gasteiger partial charge in [-0.1, -0.05) is 0 Å². The van der Waals surface area contributed by atoms with Crippen LogP contribution in [-0.2, 0) is 9.47 Å². The molecule has 1 aromatic rings. The molecule has 0 amide bonds. The topological polar surface area (TPSA) is 93.5 Å². The van der Waals surface area contributed by atoms with Crippen molar-refractivity contribution in [3.63, 3.8) is 0 Å². The first-order valence-electron chi connectivity index (χ1n) is 6.95. The Morgan fingerprint density at radius 3 is 2.70 bits per heavy atom. The smallest absolute Gasteiger partial charge is 0.276 e. The van der Waals surface area contributed by atoms with Crippen LogP contribution in [0.3, 0.4) is 0 Å². The number of rotatable bonds is 2. The number of nitrogens with zero attached hydrogens (tertiary/aromatic N) is 2. The molecule has 7 nitrogen and oxygen atoms in total. The lowest BCUT2D eigenvalue weighted by atomic mass is 9.89. The summed E-state index contributed by atoms with van der Waals surface area (Å²) in [5, 5.41) is 0. The molecule has 0 aromatic carbocycles. The van der Waals surface area contributed by atoms with E-state index in [1.54, 1.807) is 0 Å². The Balaban J connectivity index is 1.71. The average Bonchev–Trinajstić information content (AvgIpc) is 2.90. The van der Waals surface area contributed by atoms with Crippen LogP contribution in [-0.4, -0.2) is 42.1 Å². The molecule has 1 saturated heterocycles. The van der Waals surface area contributed by atoms with Gasteiger partial charge in [0.15, 0.2) is 11.6 Å². The fraction of sp³-hybridized carbons (Fsp3) is 0.692. The van der Waals surface area contributed by atoms with Gasteiger partial charge >= 0.3 is 0 Å². The maximum absolute atomic E-state index is 11.5. The standard InChI is InChI=1S/C13H20N4O3/c1-17(11-10(14)12(18)16-8-15-11)9-2-4-13(5-3-9)19-6-7-20-13/h8-9H,2-7,14H2,1H3,(H,15,16,18). The van der Waals surface area contributed by atoms with Crippen molar-refractivity contribution in [2.24, 2.45) is 0 Å². The number of hydrogen-bond donors (Lipinski definition) is 2. The molecule has 0 radical (unpaired) electrons. The van der Waals surface area contributed by atoms with E-state index in [0.29, 0.717) is 25.1 Å². The first-order valence-corrected chi connectivity index (χ1v) is 6.95. The van der Waals surface area contributed by atoms with Crippen molar-refractivity contribution < 1.29 is 9.47 Å². The fourth-order valence-corrected chi connectivity index (χ4v) is 3.07. The van der Waals surface area contributed by atoms with Gasteiger partial charge in [-0.15, -0.1) is 0 Å². The van der Waals surface area contributed by atoms with Gasteiger partial charge in [0.2, 0.25) is 0 Å². The van der Waals surface area contributed by atoms with Crippen LogP contribution in [0.2, 0.25) is 0 Å². The fourth-order valence-electron chi connectivity index (χ4n) is 3.07. The molecule has 1 aromatic heterocycles. The monoisotopic (exact) mass is 280 g/mol. The lowest BCUT2D eigenvalue weighted by molar-refractivity contribution is -0.178. The van der Waals surface area contributed by atoms with Crippen LogP contribution in [0.25, 0.3) is 0 Å². The lowest BCUT2D eigenvalue weighted by Crippen LogP contribution is -2.43. The summed E-state index contributed by atoms with van der Waals surface area (Å²) in [6.45, 7) is 1.37. The minimum absolute atomic E-state index is 0.170. The number of hydrogen-bond acceptors (Lipinski definition) is 6. The molecule has 0 atom stereocenters. The van der Waals surface area contributed by atoms with Crippen LogP contribution in [0.1, 0.15) is 25.7 Å². The number of nitrogen functional groups attached to an aromatic ring is 1. The maximum atomic E-state index is 11.5. The van der Waals surface area contributed by atoms with E-state index < -0.39 is 0 Å². The lowest BCUT2D eigenvalue weighted by Gasteiger charge is -2.39. The van der Waals surface area contributed by atoms with Gasteiger partial charge in [0.05, 0.1) is 19.5 Å². The predicted octanol–water partition coefficient (Wildman–Crippen LogP) is 0.474. The Kier molecular flexibility index (Phi) is 3.39. The van der Waals surface area contributed by atoms with E-state index in [9.17, 15) is 4.79 Å². The van der Waals surface area contributed by atoms with Crippen molar-refractivity contribution in [1.29, 1.82) is 0 Å². The van der Waals surface area contributed by atoms with Crippen LogP contribution in [0.4, 0.5) is 11.5 Å². The van der Waals surface area contributed by atoms with Gasteiger partial charge in [-0.2, -0.15) is 0 Å². The molecule has 110 valence electrons. The van der Waals surface area contributed by atoms with Gasteiger partial charge in [-0.25, -0.2) is 4.98 Å². The zero-order valence-electron chi connectivity index (χ0n) is 11.6. The van der Waals surface area contributed by atoms with Crippen LogP contribution < -0.4 is 16.2 Å². The molecule has 3 N–H and O–H groups in total. The molecule has 2 heterocycles. The Morgan fingerprint density at radius 2 is 2.05 bits per heavy atom. The molecule has 1 aliphatic carbocycles. The quantitative estimate of drug-likeness (QED) is 0.818. The van der Waals surface area contributed by atoms with Crippen molar-refractivity contribution in [3.8, 4) is 0 Å².